The maximum absolute atomic E-state index is 13.1. The third kappa shape index (κ3) is 4.57. The van der Waals surface area contributed by atoms with Gasteiger partial charge in [0.1, 0.15) is 0 Å². The Hall–Kier alpha value is -3.47. The molecule has 7 nitrogen and oxygen atoms in total. The van der Waals surface area contributed by atoms with Gasteiger partial charge in [-0.1, -0.05) is 35.9 Å². The Kier molecular flexibility index (Phi) is 6.35. The van der Waals surface area contributed by atoms with E-state index in [1.807, 2.05) is 36.4 Å². The molecular formula is C24H22ClN5O2. The molecule has 1 fully saturated rings. The predicted octanol–water partition coefficient (Wildman–Crippen LogP) is 3.02. The van der Waals surface area contributed by atoms with Crippen LogP contribution in [0.25, 0.3) is 5.69 Å². The van der Waals surface area contributed by atoms with Crippen molar-refractivity contribution < 1.29 is 4.79 Å². The highest BCUT2D eigenvalue weighted by Gasteiger charge is 2.26. The van der Waals surface area contributed by atoms with E-state index in [-0.39, 0.29) is 11.6 Å². The number of rotatable bonds is 4. The first kappa shape index (κ1) is 21.8. The number of nitrogens with zero attached hydrogens (tertiary/aromatic N) is 5. The number of amides is 1. The molecule has 2 heterocycles. The number of hydrogen-bond acceptors (Lipinski definition) is 5. The Morgan fingerprint density at radius 1 is 1.09 bits per heavy atom. The van der Waals surface area contributed by atoms with Crippen molar-refractivity contribution in [2.75, 3.05) is 26.2 Å². The van der Waals surface area contributed by atoms with Gasteiger partial charge < -0.3 is 4.90 Å². The van der Waals surface area contributed by atoms with Gasteiger partial charge in [0.25, 0.3) is 5.91 Å². The standard InChI is InChI=1S/C24H22ClN5O2/c1-17-14-22(31)23(27-30(17)21-5-3-2-4-20(21)25)24(32)29-12-10-28(11-13-29)16-19-8-6-18(15-26)7-9-19/h2-9,14H,10-13,16H2,1H3. The van der Waals surface area contributed by atoms with Crippen LogP contribution >= 0.6 is 11.6 Å². The van der Waals surface area contributed by atoms with Gasteiger partial charge in [-0.2, -0.15) is 10.4 Å². The lowest BCUT2D eigenvalue weighted by Crippen LogP contribution is -2.49. The average molecular weight is 448 g/mol. The number of carbonyl (C=O) groups excluding carboxylic acids is 1. The van der Waals surface area contributed by atoms with E-state index in [1.54, 1.807) is 24.0 Å². The van der Waals surface area contributed by atoms with Crippen molar-refractivity contribution in [1.29, 1.82) is 5.26 Å². The molecule has 1 aromatic heterocycles. The van der Waals surface area contributed by atoms with E-state index in [9.17, 15) is 9.59 Å². The highest BCUT2D eigenvalue weighted by Crippen LogP contribution is 2.20. The average Bonchev–Trinajstić information content (AvgIpc) is 2.80. The molecule has 0 atom stereocenters. The summed E-state index contributed by atoms with van der Waals surface area (Å²) < 4.78 is 1.54. The molecule has 0 unspecified atom stereocenters. The van der Waals surface area contributed by atoms with Gasteiger partial charge in [-0.3, -0.25) is 14.5 Å². The molecule has 0 aliphatic carbocycles. The Balaban J connectivity index is 1.47. The first-order chi connectivity index (χ1) is 15.5. The van der Waals surface area contributed by atoms with Crippen molar-refractivity contribution in [2.45, 2.75) is 13.5 Å². The molecule has 1 aliphatic heterocycles. The van der Waals surface area contributed by atoms with Crippen molar-refractivity contribution in [2.24, 2.45) is 0 Å². The third-order valence-electron chi connectivity index (χ3n) is 5.54. The van der Waals surface area contributed by atoms with Crippen LogP contribution in [0.2, 0.25) is 5.02 Å². The van der Waals surface area contributed by atoms with E-state index in [1.165, 1.54) is 10.7 Å². The Morgan fingerprint density at radius 3 is 2.44 bits per heavy atom. The van der Waals surface area contributed by atoms with Gasteiger partial charge in [-0.25, -0.2) is 4.68 Å². The number of piperazine rings is 1. The van der Waals surface area contributed by atoms with Gasteiger partial charge in [0, 0.05) is 44.5 Å². The van der Waals surface area contributed by atoms with E-state index >= 15 is 0 Å². The zero-order valence-electron chi connectivity index (χ0n) is 17.7. The van der Waals surface area contributed by atoms with Crippen LogP contribution in [0.15, 0.2) is 59.4 Å². The molecule has 1 aliphatic rings. The van der Waals surface area contributed by atoms with Crippen molar-refractivity contribution in [3.63, 3.8) is 0 Å². The number of carbonyl (C=O) groups is 1. The maximum atomic E-state index is 13.1. The molecule has 1 saturated heterocycles. The van der Waals surface area contributed by atoms with Crippen LogP contribution in [-0.2, 0) is 6.54 Å². The van der Waals surface area contributed by atoms with Gasteiger partial charge in [0.05, 0.1) is 22.3 Å². The Labute approximate surface area is 191 Å². The van der Waals surface area contributed by atoms with Gasteiger partial charge in [0.15, 0.2) is 5.69 Å². The second kappa shape index (κ2) is 9.35. The predicted molar refractivity (Wildman–Crippen MR) is 122 cm³/mol. The summed E-state index contributed by atoms with van der Waals surface area (Å²) in [7, 11) is 0. The van der Waals surface area contributed by atoms with Crippen LogP contribution in [0.4, 0.5) is 0 Å². The fourth-order valence-corrected chi connectivity index (χ4v) is 3.98. The summed E-state index contributed by atoms with van der Waals surface area (Å²) in [6.07, 6.45) is 0. The smallest absolute Gasteiger partial charge is 0.278 e. The summed E-state index contributed by atoms with van der Waals surface area (Å²) in [6, 6.07) is 18.2. The second-order valence-electron chi connectivity index (χ2n) is 7.74. The zero-order valence-corrected chi connectivity index (χ0v) is 18.4. The molecule has 8 heteroatoms. The molecule has 0 radical (unpaired) electrons. The molecule has 4 rings (SSSR count). The number of para-hydroxylation sites is 1. The molecule has 32 heavy (non-hydrogen) atoms. The van der Waals surface area contributed by atoms with Crippen molar-refractivity contribution in [3.05, 3.63) is 92.4 Å². The van der Waals surface area contributed by atoms with E-state index in [2.05, 4.69) is 16.1 Å². The second-order valence-corrected chi connectivity index (χ2v) is 8.15. The maximum Gasteiger partial charge on any atom is 0.278 e. The fraction of sp³-hybridized carbons (Fsp3) is 0.250. The SMILES string of the molecule is Cc1cc(=O)c(C(=O)N2CCN(Cc3ccc(C#N)cc3)CC2)nn1-c1ccccc1Cl. The molecule has 3 aromatic rings. The molecule has 0 N–H and O–H groups in total. The van der Waals surface area contributed by atoms with E-state index in [0.717, 1.165) is 12.1 Å². The number of halogens is 1. The summed E-state index contributed by atoms with van der Waals surface area (Å²) >= 11 is 6.29. The lowest BCUT2D eigenvalue weighted by molar-refractivity contribution is 0.0619. The van der Waals surface area contributed by atoms with Crippen molar-refractivity contribution >= 4 is 17.5 Å². The molecule has 2 aromatic carbocycles. The number of aryl methyl sites for hydroxylation is 1. The van der Waals surface area contributed by atoms with Crippen molar-refractivity contribution in [3.8, 4) is 11.8 Å². The minimum Gasteiger partial charge on any atom is -0.335 e. The van der Waals surface area contributed by atoms with Crippen molar-refractivity contribution in [1.82, 2.24) is 19.6 Å². The van der Waals surface area contributed by atoms with E-state index in [0.29, 0.717) is 48.1 Å². The molecule has 1 amide bonds. The molecular weight excluding hydrogens is 426 g/mol. The van der Waals surface area contributed by atoms with Crippen LogP contribution < -0.4 is 5.43 Å². The zero-order chi connectivity index (χ0) is 22.7. The van der Waals surface area contributed by atoms with Crippen LogP contribution in [0.3, 0.4) is 0 Å². The molecule has 0 saturated carbocycles. The minimum absolute atomic E-state index is 0.101. The number of aromatic nitrogens is 2. The first-order valence-electron chi connectivity index (χ1n) is 10.3. The summed E-state index contributed by atoms with van der Waals surface area (Å²) in [4.78, 5) is 29.6. The highest BCUT2D eigenvalue weighted by atomic mass is 35.5. The van der Waals surface area contributed by atoms with Gasteiger partial charge >= 0.3 is 0 Å². The number of nitriles is 1. The van der Waals surface area contributed by atoms with Gasteiger partial charge in [-0.15, -0.1) is 0 Å². The Bertz CT molecular complexity index is 1240. The number of benzene rings is 2. The lowest BCUT2D eigenvalue weighted by Gasteiger charge is -2.34. The normalized spacial score (nSPS) is 14.2. The number of hydrogen-bond donors (Lipinski definition) is 0. The first-order valence-corrected chi connectivity index (χ1v) is 10.7. The summed E-state index contributed by atoms with van der Waals surface area (Å²) in [5.74, 6) is -0.367. The highest BCUT2D eigenvalue weighted by molar-refractivity contribution is 6.32. The van der Waals surface area contributed by atoms with Crippen LogP contribution in [0, 0.1) is 18.3 Å². The van der Waals surface area contributed by atoms with Crippen LogP contribution in [-0.4, -0.2) is 51.7 Å². The van der Waals surface area contributed by atoms with E-state index < -0.39 is 5.43 Å². The monoisotopic (exact) mass is 447 g/mol. The van der Waals surface area contributed by atoms with Gasteiger partial charge in [0.2, 0.25) is 5.43 Å². The third-order valence-corrected chi connectivity index (χ3v) is 5.86. The fourth-order valence-electron chi connectivity index (χ4n) is 3.76. The topological polar surface area (TPSA) is 82.2 Å². The quantitative estimate of drug-likeness (QED) is 0.614. The molecule has 0 bridgehead atoms. The summed E-state index contributed by atoms with van der Waals surface area (Å²) in [5, 5.41) is 13.8. The lowest BCUT2D eigenvalue weighted by atomic mass is 10.1. The van der Waals surface area contributed by atoms with E-state index in [4.69, 9.17) is 16.9 Å². The van der Waals surface area contributed by atoms with Crippen LogP contribution in [0.1, 0.15) is 27.3 Å². The summed E-state index contributed by atoms with van der Waals surface area (Å²) in [6.45, 7) is 4.91. The Morgan fingerprint density at radius 2 is 1.78 bits per heavy atom. The summed E-state index contributed by atoms with van der Waals surface area (Å²) in [5.41, 5.74) is 2.48. The van der Waals surface area contributed by atoms with Gasteiger partial charge in [-0.05, 0) is 36.8 Å². The van der Waals surface area contributed by atoms with Crippen LogP contribution in [0.5, 0.6) is 0 Å². The minimum atomic E-state index is -0.393. The molecule has 162 valence electrons. The molecule has 0 spiro atoms. The largest absolute Gasteiger partial charge is 0.335 e.